The third-order valence-electron chi connectivity index (χ3n) is 6.63. The van der Waals surface area contributed by atoms with Crippen LogP contribution in [0.4, 0.5) is 11.4 Å². The predicted molar refractivity (Wildman–Crippen MR) is 136 cm³/mol. The molecule has 1 saturated heterocycles. The Bertz CT molecular complexity index is 1410. The van der Waals surface area contributed by atoms with Crippen LogP contribution in [0.15, 0.2) is 91.1 Å². The van der Waals surface area contributed by atoms with Crippen molar-refractivity contribution < 1.29 is 0 Å². The highest BCUT2D eigenvalue weighted by Gasteiger charge is 2.21. The molecular formula is C28H27N5. The number of nitrogens with zero attached hydrogens (tertiary/aromatic N) is 4. The molecule has 2 N–H and O–H groups in total. The summed E-state index contributed by atoms with van der Waals surface area (Å²) in [4.78, 5) is 10.0. The monoisotopic (exact) mass is 433 g/mol. The van der Waals surface area contributed by atoms with Crippen LogP contribution in [0.1, 0.15) is 5.69 Å². The van der Waals surface area contributed by atoms with Gasteiger partial charge in [-0.3, -0.25) is 4.90 Å². The smallest absolute Gasteiger partial charge is 0.137 e. The molecule has 0 atom stereocenters. The summed E-state index contributed by atoms with van der Waals surface area (Å²) in [5, 5.41) is 2.47. The van der Waals surface area contributed by atoms with Crippen LogP contribution in [0, 0.1) is 0 Å². The molecule has 5 aromatic rings. The fourth-order valence-corrected chi connectivity index (χ4v) is 4.84. The van der Waals surface area contributed by atoms with Gasteiger partial charge in [-0.25, -0.2) is 4.98 Å². The quantitative estimate of drug-likeness (QED) is 0.430. The number of imidazole rings is 1. The van der Waals surface area contributed by atoms with Crippen molar-refractivity contribution in [3.05, 3.63) is 96.8 Å². The van der Waals surface area contributed by atoms with Crippen molar-refractivity contribution >= 4 is 27.8 Å². The number of rotatable bonds is 4. The maximum atomic E-state index is 6.16. The number of nitrogen functional groups attached to an aromatic ring is 1. The molecule has 5 heteroatoms. The van der Waals surface area contributed by atoms with Gasteiger partial charge >= 0.3 is 0 Å². The Hall–Kier alpha value is -3.83. The van der Waals surface area contributed by atoms with Gasteiger partial charge in [0.2, 0.25) is 0 Å². The fraction of sp³-hybridized carbons (Fsp3) is 0.179. The van der Waals surface area contributed by atoms with Gasteiger partial charge < -0.3 is 15.0 Å². The van der Waals surface area contributed by atoms with E-state index in [1.165, 1.54) is 22.2 Å². The number of piperazine rings is 1. The Morgan fingerprint density at radius 1 is 0.758 bits per heavy atom. The molecule has 0 saturated carbocycles. The van der Waals surface area contributed by atoms with E-state index in [4.69, 9.17) is 10.7 Å². The normalized spacial score (nSPS) is 14.8. The third kappa shape index (κ3) is 3.81. The molecule has 5 nitrogen and oxygen atoms in total. The van der Waals surface area contributed by atoms with E-state index in [9.17, 15) is 0 Å². The molecule has 1 aliphatic heterocycles. The Balaban J connectivity index is 1.33. The van der Waals surface area contributed by atoms with Crippen molar-refractivity contribution in [2.75, 3.05) is 36.8 Å². The SMILES string of the molecule is Nc1ccc2nc(-c3ccc4ccccc4c3)c(CN3CCN(c4ccccc4)CC3)n2c1. The summed E-state index contributed by atoms with van der Waals surface area (Å²) in [5.74, 6) is 0. The van der Waals surface area contributed by atoms with Gasteiger partial charge in [0.25, 0.3) is 0 Å². The number of hydrogen-bond donors (Lipinski definition) is 1. The molecule has 1 aliphatic rings. The zero-order valence-corrected chi connectivity index (χ0v) is 18.6. The molecule has 6 rings (SSSR count). The van der Waals surface area contributed by atoms with Gasteiger partial charge in [0.05, 0.1) is 11.4 Å². The number of anilines is 2. The van der Waals surface area contributed by atoms with E-state index < -0.39 is 0 Å². The molecule has 33 heavy (non-hydrogen) atoms. The number of benzene rings is 3. The lowest BCUT2D eigenvalue weighted by atomic mass is 10.0. The van der Waals surface area contributed by atoms with Crippen LogP contribution in [0.3, 0.4) is 0 Å². The number of hydrogen-bond acceptors (Lipinski definition) is 4. The topological polar surface area (TPSA) is 49.8 Å². The summed E-state index contributed by atoms with van der Waals surface area (Å²) in [5.41, 5.74) is 12.5. The highest BCUT2D eigenvalue weighted by Crippen LogP contribution is 2.29. The van der Waals surface area contributed by atoms with Crippen molar-refractivity contribution in [3.8, 4) is 11.3 Å². The number of pyridine rings is 1. The van der Waals surface area contributed by atoms with Crippen LogP contribution >= 0.6 is 0 Å². The molecule has 1 fully saturated rings. The Labute approximate surface area is 193 Å². The Morgan fingerprint density at radius 2 is 1.52 bits per heavy atom. The van der Waals surface area contributed by atoms with E-state index in [0.717, 1.165) is 55.3 Å². The van der Waals surface area contributed by atoms with Crippen molar-refractivity contribution in [3.63, 3.8) is 0 Å². The largest absolute Gasteiger partial charge is 0.398 e. The minimum atomic E-state index is 0.750. The molecule has 0 spiro atoms. The lowest BCUT2D eigenvalue weighted by molar-refractivity contribution is 0.247. The van der Waals surface area contributed by atoms with E-state index in [-0.39, 0.29) is 0 Å². The minimum Gasteiger partial charge on any atom is -0.398 e. The highest BCUT2D eigenvalue weighted by atomic mass is 15.3. The zero-order chi connectivity index (χ0) is 22.2. The maximum absolute atomic E-state index is 6.16. The molecule has 0 bridgehead atoms. The predicted octanol–water partition coefficient (Wildman–Crippen LogP) is 5.06. The summed E-state index contributed by atoms with van der Waals surface area (Å²) in [6.07, 6.45) is 2.00. The minimum absolute atomic E-state index is 0.750. The van der Waals surface area contributed by atoms with Gasteiger partial charge in [-0.15, -0.1) is 0 Å². The summed E-state index contributed by atoms with van der Waals surface area (Å²) in [6, 6.07) is 29.7. The molecule has 2 aromatic heterocycles. The molecule has 164 valence electrons. The maximum Gasteiger partial charge on any atom is 0.137 e. The highest BCUT2D eigenvalue weighted by molar-refractivity contribution is 5.87. The summed E-state index contributed by atoms with van der Waals surface area (Å²) < 4.78 is 2.17. The number of para-hydroxylation sites is 1. The first-order chi connectivity index (χ1) is 16.2. The second-order valence-electron chi connectivity index (χ2n) is 8.76. The first kappa shape index (κ1) is 19.8. The lowest BCUT2D eigenvalue weighted by Gasteiger charge is -2.36. The number of fused-ring (bicyclic) bond motifs is 2. The van der Waals surface area contributed by atoms with E-state index in [1.807, 2.05) is 18.3 Å². The zero-order valence-electron chi connectivity index (χ0n) is 18.6. The standard InChI is InChI=1S/C28H27N5/c29-24-12-13-27-30-28(23-11-10-21-6-4-5-7-22(21)18-23)26(33(27)19-24)20-31-14-16-32(17-15-31)25-8-2-1-3-9-25/h1-13,18-19H,14-17,20,29H2. The van der Waals surface area contributed by atoms with Gasteiger partial charge in [0.1, 0.15) is 5.65 Å². The van der Waals surface area contributed by atoms with E-state index in [0.29, 0.717) is 0 Å². The second-order valence-corrected chi connectivity index (χ2v) is 8.76. The van der Waals surface area contributed by atoms with Gasteiger partial charge in [-0.1, -0.05) is 54.6 Å². The Kier molecular flexibility index (Phi) is 4.96. The number of aromatic nitrogens is 2. The molecule has 0 amide bonds. The van der Waals surface area contributed by atoms with E-state index in [2.05, 4.69) is 87.0 Å². The van der Waals surface area contributed by atoms with Crippen molar-refractivity contribution in [2.45, 2.75) is 6.54 Å². The molecular weight excluding hydrogens is 406 g/mol. The van der Waals surface area contributed by atoms with Crippen LogP contribution in [0.2, 0.25) is 0 Å². The van der Waals surface area contributed by atoms with Gasteiger partial charge in [-0.05, 0) is 41.1 Å². The third-order valence-corrected chi connectivity index (χ3v) is 6.63. The molecule has 3 aromatic carbocycles. The molecule has 0 aliphatic carbocycles. The lowest BCUT2D eigenvalue weighted by Crippen LogP contribution is -2.46. The molecule has 3 heterocycles. The average Bonchev–Trinajstić information content (AvgIpc) is 3.22. The van der Waals surface area contributed by atoms with Gasteiger partial charge in [0.15, 0.2) is 0 Å². The Morgan fingerprint density at radius 3 is 2.33 bits per heavy atom. The van der Waals surface area contributed by atoms with E-state index >= 15 is 0 Å². The van der Waals surface area contributed by atoms with Crippen LogP contribution in [0.25, 0.3) is 27.7 Å². The van der Waals surface area contributed by atoms with Crippen LogP contribution < -0.4 is 10.6 Å². The van der Waals surface area contributed by atoms with Crippen LogP contribution in [0.5, 0.6) is 0 Å². The van der Waals surface area contributed by atoms with Gasteiger partial charge in [-0.2, -0.15) is 0 Å². The van der Waals surface area contributed by atoms with E-state index in [1.54, 1.807) is 0 Å². The average molecular weight is 434 g/mol. The van der Waals surface area contributed by atoms with Crippen molar-refractivity contribution in [2.24, 2.45) is 0 Å². The fourth-order valence-electron chi connectivity index (χ4n) is 4.84. The van der Waals surface area contributed by atoms with Crippen molar-refractivity contribution in [1.82, 2.24) is 14.3 Å². The molecule has 0 radical (unpaired) electrons. The first-order valence-electron chi connectivity index (χ1n) is 11.5. The summed E-state index contributed by atoms with van der Waals surface area (Å²) >= 11 is 0. The second kappa shape index (κ2) is 8.26. The number of nitrogens with two attached hydrogens (primary N) is 1. The molecule has 0 unspecified atom stereocenters. The van der Waals surface area contributed by atoms with Gasteiger partial charge in [0, 0.05) is 55.9 Å². The summed E-state index contributed by atoms with van der Waals surface area (Å²) in [6.45, 7) is 4.92. The van der Waals surface area contributed by atoms with Crippen molar-refractivity contribution in [1.29, 1.82) is 0 Å². The van der Waals surface area contributed by atoms with Crippen LogP contribution in [-0.2, 0) is 6.54 Å². The first-order valence-corrected chi connectivity index (χ1v) is 11.5. The van der Waals surface area contributed by atoms with Crippen LogP contribution in [-0.4, -0.2) is 40.5 Å². The summed E-state index contributed by atoms with van der Waals surface area (Å²) in [7, 11) is 0.